The van der Waals surface area contributed by atoms with Crippen LogP contribution < -0.4 is 5.32 Å². The summed E-state index contributed by atoms with van der Waals surface area (Å²) in [7, 11) is 0. The van der Waals surface area contributed by atoms with Crippen LogP contribution in [0.5, 0.6) is 0 Å². The number of aliphatic imine (C=N–C) groups is 1. The lowest BCUT2D eigenvalue weighted by Gasteiger charge is -2.40. The molecule has 1 unspecified atom stereocenters. The van der Waals surface area contributed by atoms with Crippen LogP contribution in [-0.4, -0.2) is 109 Å². The molecule has 1 atom stereocenters. The zero-order chi connectivity index (χ0) is 20.7. The van der Waals surface area contributed by atoms with Gasteiger partial charge in [0.2, 0.25) is 5.91 Å². The van der Waals surface area contributed by atoms with Gasteiger partial charge in [-0.1, -0.05) is 0 Å². The van der Waals surface area contributed by atoms with Crippen LogP contribution in [-0.2, 0) is 9.53 Å². The standard InChI is InChI=1S/C21H39N5O2S.HI/c1-4-22-20(23-17-21(29-3)7-15-28-16-8-21)26-13-11-24(12-14-26)18(2)19(27)25-9-5-6-10-25;/h18H,4-17H2,1-3H3,(H,22,23);1H. The Labute approximate surface area is 203 Å². The van der Waals surface area contributed by atoms with E-state index in [0.717, 1.165) is 97.2 Å². The Bertz CT molecular complexity index is 560. The van der Waals surface area contributed by atoms with E-state index < -0.39 is 0 Å². The van der Waals surface area contributed by atoms with Gasteiger partial charge in [0, 0.05) is 63.8 Å². The highest BCUT2D eigenvalue weighted by molar-refractivity contribution is 14.0. The highest BCUT2D eigenvalue weighted by atomic mass is 127. The van der Waals surface area contributed by atoms with E-state index in [1.807, 2.05) is 16.7 Å². The average molecular weight is 554 g/mol. The first-order valence-electron chi connectivity index (χ1n) is 11.3. The van der Waals surface area contributed by atoms with E-state index in [2.05, 4.69) is 35.2 Å². The Hall–Kier alpha value is -0.260. The van der Waals surface area contributed by atoms with Crippen molar-refractivity contribution in [2.75, 3.05) is 71.8 Å². The van der Waals surface area contributed by atoms with Crippen LogP contribution >= 0.6 is 35.7 Å². The maximum Gasteiger partial charge on any atom is 0.239 e. The van der Waals surface area contributed by atoms with E-state index >= 15 is 0 Å². The first-order valence-corrected chi connectivity index (χ1v) is 12.5. The van der Waals surface area contributed by atoms with Crippen molar-refractivity contribution < 1.29 is 9.53 Å². The summed E-state index contributed by atoms with van der Waals surface area (Å²) >= 11 is 1.94. The van der Waals surface area contributed by atoms with Gasteiger partial charge in [0.1, 0.15) is 0 Å². The highest BCUT2D eigenvalue weighted by Crippen LogP contribution is 2.34. The number of nitrogens with one attached hydrogen (secondary N) is 1. The SMILES string of the molecule is CCNC(=NCC1(SC)CCOCC1)N1CCN(C(C)C(=O)N2CCCC2)CC1.I. The molecule has 0 aromatic rings. The van der Waals surface area contributed by atoms with Crippen molar-refractivity contribution in [1.82, 2.24) is 20.0 Å². The largest absolute Gasteiger partial charge is 0.381 e. The Morgan fingerprint density at radius 1 is 1.10 bits per heavy atom. The van der Waals surface area contributed by atoms with Crippen molar-refractivity contribution in [3.05, 3.63) is 0 Å². The molecule has 0 aromatic heterocycles. The molecule has 0 spiro atoms. The smallest absolute Gasteiger partial charge is 0.239 e. The first-order chi connectivity index (χ1) is 14.1. The zero-order valence-corrected chi connectivity index (χ0v) is 22.0. The molecule has 3 aliphatic heterocycles. The van der Waals surface area contributed by atoms with Gasteiger partial charge in [-0.3, -0.25) is 14.7 Å². The number of hydrogen-bond donors (Lipinski definition) is 1. The number of piperazine rings is 1. The second-order valence-corrected chi connectivity index (χ2v) is 9.68. The quantitative estimate of drug-likeness (QED) is 0.309. The van der Waals surface area contributed by atoms with Crippen LogP contribution in [0.2, 0.25) is 0 Å². The Morgan fingerprint density at radius 2 is 1.73 bits per heavy atom. The minimum Gasteiger partial charge on any atom is -0.381 e. The van der Waals surface area contributed by atoms with Gasteiger partial charge < -0.3 is 19.9 Å². The summed E-state index contributed by atoms with van der Waals surface area (Å²) < 4.78 is 5.77. The van der Waals surface area contributed by atoms with Crippen LogP contribution in [0.3, 0.4) is 0 Å². The summed E-state index contributed by atoms with van der Waals surface area (Å²) in [6.07, 6.45) is 6.64. The lowest BCUT2D eigenvalue weighted by atomic mass is 9.99. The number of amides is 1. The van der Waals surface area contributed by atoms with E-state index in [4.69, 9.17) is 9.73 Å². The van der Waals surface area contributed by atoms with E-state index in [9.17, 15) is 4.79 Å². The molecule has 3 aliphatic rings. The molecular formula is C21H40IN5O2S. The molecule has 3 heterocycles. The first kappa shape index (κ1) is 26.0. The monoisotopic (exact) mass is 553 g/mol. The van der Waals surface area contributed by atoms with E-state index in [0.29, 0.717) is 5.91 Å². The number of guanidine groups is 1. The molecule has 0 aliphatic carbocycles. The molecule has 7 nitrogen and oxygen atoms in total. The summed E-state index contributed by atoms with van der Waals surface area (Å²) in [5, 5.41) is 3.49. The molecule has 9 heteroatoms. The Morgan fingerprint density at radius 3 is 2.30 bits per heavy atom. The van der Waals surface area contributed by atoms with E-state index in [1.165, 1.54) is 0 Å². The zero-order valence-electron chi connectivity index (χ0n) is 18.9. The van der Waals surface area contributed by atoms with Crippen molar-refractivity contribution in [3.8, 4) is 0 Å². The van der Waals surface area contributed by atoms with Crippen LogP contribution in [0.25, 0.3) is 0 Å². The predicted octanol–water partition coefficient (Wildman–Crippen LogP) is 2.11. The van der Waals surface area contributed by atoms with Gasteiger partial charge in [0.25, 0.3) is 0 Å². The van der Waals surface area contributed by atoms with Gasteiger partial charge in [0.15, 0.2) is 5.96 Å². The number of likely N-dealkylation sites (tertiary alicyclic amines) is 1. The molecule has 1 N–H and O–H groups in total. The van der Waals surface area contributed by atoms with Crippen LogP contribution in [0.15, 0.2) is 4.99 Å². The summed E-state index contributed by atoms with van der Waals surface area (Å²) in [6.45, 7) is 13.1. The van der Waals surface area contributed by atoms with Crippen molar-refractivity contribution in [2.24, 2.45) is 4.99 Å². The predicted molar refractivity (Wildman–Crippen MR) is 136 cm³/mol. The fourth-order valence-corrected chi connectivity index (χ4v) is 5.26. The third kappa shape index (κ3) is 6.62. The third-order valence-electron chi connectivity index (χ3n) is 6.63. The normalized spacial score (nSPS) is 23.8. The van der Waals surface area contributed by atoms with Crippen molar-refractivity contribution in [3.63, 3.8) is 0 Å². The van der Waals surface area contributed by atoms with Gasteiger partial charge in [-0.2, -0.15) is 11.8 Å². The summed E-state index contributed by atoms with van der Waals surface area (Å²) in [6, 6.07) is -0.0169. The van der Waals surface area contributed by atoms with Gasteiger partial charge >= 0.3 is 0 Å². The second kappa shape index (κ2) is 12.7. The molecule has 3 saturated heterocycles. The molecule has 0 aromatic carbocycles. The number of ether oxygens (including phenoxy) is 1. The average Bonchev–Trinajstić information content (AvgIpc) is 3.31. The number of rotatable bonds is 6. The number of thioether (sulfide) groups is 1. The van der Waals surface area contributed by atoms with Gasteiger partial charge in [-0.15, -0.1) is 24.0 Å². The molecule has 1 amide bonds. The lowest BCUT2D eigenvalue weighted by molar-refractivity contribution is -0.135. The summed E-state index contributed by atoms with van der Waals surface area (Å²) in [5.74, 6) is 1.32. The number of halogens is 1. The maximum absolute atomic E-state index is 12.7. The Balaban J connectivity index is 0.00000320. The Kier molecular flexibility index (Phi) is 11.0. The molecule has 174 valence electrons. The molecule has 3 fully saturated rings. The highest BCUT2D eigenvalue weighted by Gasteiger charge is 2.33. The van der Waals surface area contributed by atoms with Crippen molar-refractivity contribution in [1.29, 1.82) is 0 Å². The minimum atomic E-state index is -0.0169. The second-order valence-electron chi connectivity index (χ2n) is 8.40. The van der Waals surface area contributed by atoms with Crippen LogP contribution in [0, 0.1) is 0 Å². The lowest BCUT2D eigenvalue weighted by Crippen LogP contribution is -2.57. The van der Waals surface area contributed by atoms with Crippen molar-refractivity contribution in [2.45, 2.75) is 50.3 Å². The van der Waals surface area contributed by atoms with Gasteiger partial charge in [-0.05, 0) is 45.8 Å². The van der Waals surface area contributed by atoms with Crippen molar-refractivity contribution >= 4 is 47.6 Å². The number of carbonyl (C=O) groups excluding carboxylic acids is 1. The fraction of sp³-hybridized carbons (Fsp3) is 0.905. The molecule has 3 rings (SSSR count). The third-order valence-corrected chi connectivity index (χ3v) is 8.03. The van der Waals surface area contributed by atoms with Crippen LogP contribution in [0.1, 0.15) is 39.5 Å². The summed E-state index contributed by atoms with van der Waals surface area (Å²) in [4.78, 5) is 24.5. The number of hydrogen-bond acceptors (Lipinski definition) is 5. The molecular weight excluding hydrogens is 513 g/mol. The van der Waals surface area contributed by atoms with E-state index in [-0.39, 0.29) is 34.8 Å². The molecule has 0 radical (unpaired) electrons. The minimum absolute atomic E-state index is 0. The summed E-state index contributed by atoms with van der Waals surface area (Å²) in [5.41, 5.74) is 0. The maximum atomic E-state index is 12.7. The fourth-order valence-electron chi connectivity index (χ4n) is 4.49. The topological polar surface area (TPSA) is 60.4 Å². The van der Waals surface area contributed by atoms with Gasteiger partial charge in [0.05, 0.1) is 12.6 Å². The number of carbonyl (C=O) groups is 1. The number of nitrogens with zero attached hydrogens (tertiary/aromatic N) is 4. The van der Waals surface area contributed by atoms with Crippen LogP contribution in [0.4, 0.5) is 0 Å². The van der Waals surface area contributed by atoms with E-state index in [1.54, 1.807) is 0 Å². The molecule has 0 bridgehead atoms. The molecule has 30 heavy (non-hydrogen) atoms. The molecule has 0 saturated carbocycles. The van der Waals surface area contributed by atoms with Gasteiger partial charge in [-0.25, -0.2) is 0 Å².